The van der Waals surface area contributed by atoms with E-state index in [1.807, 2.05) is 0 Å². The van der Waals surface area contributed by atoms with Crippen LogP contribution in [0.1, 0.15) is 30.1 Å². The Kier molecular flexibility index (Phi) is 6.44. The zero-order chi connectivity index (χ0) is 21.0. The van der Waals surface area contributed by atoms with Crippen molar-refractivity contribution in [1.82, 2.24) is 4.31 Å². The van der Waals surface area contributed by atoms with E-state index in [9.17, 15) is 13.2 Å². The first-order valence-corrected chi connectivity index (χ1v) is 10.9. The molecule has 0 spiro atoms. The van der Waals surface area contributed by atoms with Gasteiger partial charge in [0.25, 0.3) is 5.91 Å². The number of ether oxygens (including phenoxy) is 2. The molecule has 3 rings (SSSR count). The lowest BCUT2D eigenvalue weighted by molar-refractivity contribution is 0.102. The second-order valence-electron chi connectivity index (χ2n) is 7.14. The minimum atomic E-state index is -3.62. The molecule has 8 heteroatoms. The van der Waals surface area contributed by atoms with Crippen LogP contribution < -0.4 is 14.8 Å². The Morgan fingerprint density at radius 1 is 1.03 bits per heavy atom. The average Bonchev–Trinajstić information content (AvgIpc) is 2.74. The Morgan fingerprint density at radius 2 is 1.72 bits per heavy atom. The van der Waals surface area contributed by atoms with Gasteiger partial charge in [0.05, 0.1) is 19.1 Å². The molecule has 2 aromatic carbocycles. The fourth-order valence-electron chi connectivity index (χ4n) is 3.29. The Morgan fingerprint density at radius 3 is 2.38 bits per heavy atom. The standard InChI is InChI=1S/C21H26N2O5S/c1-15-9-11-23(12-10-15)29(25,26)18-6-4-5-16(13-18)21(24)22-17-7-8-19(27-2)20(14-17)28-3/h4-8,13-15H,9-12H2,1-3H3,(H,22,24). The summed E-state index contributed by atoms with van der Waals surface area (Å²) < 4.78 is 37.8. The number of amides is 1. The van der Waals surface area contributed by atoms with Gasteiger partial charge in [0.2, 0.25) is 10.0 Å². The van der Waals surface area contributed by atoms with E-state index < -0.39 is 15.9 Å². The van der Waals surface area contributed by atoms with Gasteiger partial charge < -0.3 is 14.8 Å². The maximum atomic E-state index is 12.9. The summed E-state index contributed by atoms with van der Waals surface area (Å²) in [5, 5.41) is 2.77. The normalized spacial score (nSPS) is 15.7. The summed E-state index contributed by atoms with van der Waals surface area (Å²) in [6.45, 7) is 3.14. The molecule has 1 aliphatic heterocycles. The molecule has 156 valence electrons. The molecule has 1 heterocycles. The van der Waals surface area contributed by atoms with Gasteiger partial charge in [-0.1, -0.05) is 13.0 Å². The molecule has 1 aliphatic rings. The van der Waals surface area contributed by atoms with Gasteiger partial charge in [0.1, 0.15) is 0 Å². The highest BCUT2D eigenvalue weighted by molar-refractivity contribution is 7.89. The number of methoxy groups -OCH3 is 2. The van der Waals surface area contributed by atoms with E-state index in [2.05, 4.69) is 12.2 Å². The number of sulfonamides is 1. The molecule has 0 radical (unpaired) electrons. The summed E-state index contributed by atoms with van der Waals surface area (Å²) in [6, 6.07) is 11.1. The van der Waals surface area contributed by atoms with Crippen molar-refractivity contribution in [3.63, 3.8) is 0 Å². The van der Waals surface area contributed by atoms with E-state index in [1.54, 1.807) is 30.3 Å². The first-order chi connectivity index (χ1) is 13.8. The van der Waals surface area contributed by atoms with E-state index >= 15 is 0 Å². The van der Waals surface area contributed by atoms with Crippen LogP contribution in [0.2, 0.25) is 0 Å². The molecular weight excluding hydrogens is 392 g/mol. The van der Waals surface area contributed by atoms with E-state index in [4.69, 9.17) is 9.47 Å². The van der Waals surface area contributed by atoms with Crippen molar-refractivity contribution in [3.05, 3.63) is 48.0 Å². The van der Waals surface area contributed by atoms with Gasteiger partial charge in [-0.2, -0.15) is 4.31 Å². The topological polar surface area (TPSA) is 84.9 Å². The lowest BCUT2D eigenvalue weighted by atomic mass is 10.0. The van der Waals surface area contributed by atoms with Crippen LogP contribution in [0.4, 0.5) is 5.69 Å². The molecule has 0 bridgehead atoms. The van der Waals surface area contributed by atoms with E-state index in [0.717, 1.165) is 12.8 Å². The Labute approximate surface area is 171 Å². The van der Waals surface area contributed by atoms with Crippen molar-refractivity contribution in [1.29, 1.82) is 0 Å². The van der Waals surface area contributed by atoms with Crippen LogP contribution in [0.3, 0.4) is 0 Å². The van der Waals surface area contributed by atoms with Crippen molar-refractivity contribution < 1.29 is 22.7 Å². The maximum absolute atomic E-state index is 12.9. The lowest BCUT2D eigenvalue weighted by Gasteiger charge is -2.29. The minimum Gasteiger partial charge on any atom is -0.493 e. The third-order valence-electron chi connectivity index (χ3n) is 5.12. The third kappa shape index (κ3) is 4.71. The molecule has 0 aromatic heterocycles. The monoisotopic (exact) mass is 418 g/mol. The quantitative estimate of drug-likeness (QED) is 0.777. The number of nitrogens with zero attached hydrogens (tertiary/aromatic N) is 1. The smallest absolute Gasteiger partial charge is 0.255 e. The first-order valence-electron chi connectivity index (χ1n) is 9.48. The molecule has 0 atom stereocenters. The highest BCUT2D eigenvalue weighted by Gasteiger charge is 2.28. The molecule has 1 amide bonds. The number of hydrogen-bond donors (Lipinski definition) is 1. The van der Waals surface area contributed by atoms with Gasteiger partial charge in [-0.25, -0.2) is 8.42 Å². The number of hydrogen-bond acceptors (Lipinski definition) is 5. The van der Waals surface area contributed by atoms with Crippen molar-refractivity contribution in [2.75, 3.05) is 32.6 Å². The summed E-state index contributed by atoms with van der Waals surface area (Å²) in [5.41, 5.74) is 0.789. The molecule has 0 unspecified atom stereocenters. The lowest BCUT2D eigenvalue weighted by Crippen LogP contribution is -2.37. The molecule has 1 saturated heterocycles. The molecule has 1 N–H and O–H groups in total. The summed E-state index contributed by atoms with van der Waals surface area (Å²) in [7, 11) is -0.571. The number of anilines is 1. The van der Waals surface area contributed by atoms with Crippen LogP contribution in [0.5, 0.6) is 11.5 Å². The van der Waals surface area contributed by atoms with Crippen molar-refractivity contribution in [3.8, 4) is 11.5 Å². The maximum Gasteiger partial charge on any atom is 0.255 e. The number of benzene rings is 2. The summed E-state index contributed by atoms with van der Waals surface area (Å²) in [5.74, 6) is 1.16. The molecule has 2 aromatic rings. The zero-order valence-electron chi connectivity index (χ0n) is 16.8. The minimum absolute atomic E-state index is 0.131. The van der Waals surface area contributed by atoms with Crippen LogP contribution >= 0.6 is 0 Å². The molecule has 7 nitrogen and oxygen atoms in total. The number of rotatable bonds is 6. The highest BCUT2D eigenvalue weighted by Crippen LogP contribution is 2.30. The predicted octanol–water partition coefficient (Wildman–Crippen LogP) is 3.38. The average molecular weight is 419 g/mol. The van der Waals surface area contributed by atoms with Crippen LogP contribution in [0.15, 0.2) is 47.4 Å². The molecule has 1 fully saturated rings. The number of piperidine rings is 1. The van der Waals surface area contributed by atoms with Gasteiger partial charge >= 0.3 is 0 Å². The first kappa shape index (κ1) is 21.1. The third-order valence-corrected chi connectivity index (χ3v) is 7.01. The highest BCUT2D eigenvalue weighted by atomic mass is 32.2. The fraction of sp³-hybridized carbons (Fsp3) is 0.381. The zero-order valence-corrected chi connectivity index (χ0v) is 17.7. The Hall–Kier alpha value is -2.58. The predicted molar refractivity (Wildman–Crippen MR) is 111 cm³/mol. The second kappa shape index (κ2) is 8.84. The van der Waals surface area contributed by atoms with Crippen LogP contribution in [0, 0.1) is 5.92 Å². The van der Waals surface area contributed by atoms with Crippen LogP contribution in [-0.2, 0) is 10.0 Å². The van der Waals surface area contributed by atoms with E-state index in [0.29, 0.717) is 36.2 Å². The molecule has 29 heavy (non-hydrogen) atoms. The number of carbonyl (C=O) groups excluding carboxylic acids is 1. The SMILES string of the molecule is COc1ccc(NC(=O)c2cccc(S(=O)(=O)N3CCC(C)CC3)c2)cc1OC. The summed E-state index contributed by atoms with van der Waals surface area (Å²) >= 11 is 0. The molecular formula is C21H26N2O5S. The van der Waals surface area contributed by atoms with Gasteiger partial charge in [0, 0.05) is 30.4 Å². The number of nitrogens with one attached hydrogen (secondary N) is 1. The van der Waals surface area contributed by atoms with Crippen molar-refractivity contribution in [2.45, 2.75) is 24.7 Å². The van der Waals surface area contributed by atoms with E-state index in [1.165, 1.54) is 30.7 Å². The molecule has 0 aliphatic carbocycles. The Balaban J connectivity index is 1.79. The Bertz CT molecular complexity index is 982. The van der Waals surface area contributed by atoms with Gasteiger partial charge in [-0.3, -0.25) is 4.79 Å². The van der Waals surface area contributed by atoms with Gasteiger partial charge in [-0.05, 0) is 49.1 Å². The van der Waals surface area contributed by atoms with Crippen LogP contribution in [-0.4, -0.2) is 45.9 Å². The summed E-state index contributed by atoms with van der Waals surface area (Å²) in [6.07, 6.45) is 1.69. The second-order valence-corrected chi connectivity index (χ2v) is 9.08. The van der Waals surface area contributed by atoms with E-state index in [-0.39, 0.29) is 10.5 Å². The van der Waals surface area contributed by atoms with Crippen molar-refractivity contribution >= 4 is 21.6 Å². The molecule has 0 saturated carbocycles. The fourth-order valence-corrected chi connectivity index (χ4v) is 4.81. The van der Waals surface area contributed by atoms with Gasteiger partial charge in [0.15, 0.2) is 11.5 Å². The van der Waals surface area contributed by atoms with Crippen molar-refractivity contribution in [2.24, 2.45) is 5.92 Å². The van der Waals surface area contributed by atoms with Gasteiger partial charge in [-0.15, -0.1) is 0 Å². The number of carbonyl (C=O) groups is 1. The largest absolute Gasteiger partial charge is 0.493 e. The summed E-state index contributed by atoms with van der Waals surface area (Å²) in [4.78, 5) is 12.8. The van der Waals surface area contributed by atoms with Crippen LogP contribution in [0.25, 0.3) is 0 Å².